The minimum Gasteiger partial charge on any atom is -0.369 e. The standard InChI is InChI=1S/C8H15N3/c1-3-4-5-7-6(2)10-8(9)11-7/h3-5H2,1-2H3,(H3,9,10,11). The molecular weight excluding hydrogens is 138 g/mol. The lowest BCUT2D eigenvalue weighted by Gasteiger charge is -1.93. The van der Waals surface area contributed by atoms with Crippen molar-refractivity contribution >= 4 is 5.95 Å². The van der Waals surface area contributed by atoms with Crippen molar-refractivity contribution in [1.29, 1.82) is 0 Å². The van der Waals surface area contributed by atoms with Crippen LogP contribution in [0.2, 0.25) is 0 Å². The number of aromatic nitrogens is 2. The highest BCUT2D eigenvalue weighted by atomic mass is 15.0. The molecule has 0 atom stereocenters. The van der Waals surface area contributed by atoms with Crippen LogP contribution in [0.15, 0.2) is 0 Å². The van der Waals surface area contributed by atoms with E-state index in [1.54, 1.807) is 0 Å². The molecule has 0 aliphatic heterocycles. The summed E-state index contributed by atoms with van der Waals surface area (Å²) in [7, 11) is 0. The Morgan fingerprint density at radius 2 is 2.27 bits per heavy atom. The molecule has 3 nitrogen and oxygen atoms in total. The number of anilines is 1. The van der Waals surface area contributed by atoms with Crippen molar-refractivity contribution in [2.24, 2.45) is 0 Å². The molecule has 0 bridgehead atoms. The number of rotatable bonds is 3. The van der Waals surface area contributed by atoms with Crippen molar-refractivity contribution in [1.82, 2.24) is 9.97 Å². The lowest BCUT2D eigenvalue weighted by Crippen LogP contribution is -1.88. The molecule has 3 heteroatoms. The third kappa shape index (κ3) is 1.97. The average molecular weight is 153 g/mol. The highest BCUT2D eigenvalue weighted by molar-refractivity contribution is 5.25. The van der Waals surface area contributed by atoms with Gasteiger partial charge in [0.25, 0.3) is 0 Å². The fourth-order valence-electron chi connectivity index (χ4n) is 1.11. The molecule has 0 unspecified atom stereocenters. The highest BCUT2D eigenvalue weighted by Gasteiger charge is 2.02. The van der Waals surface area contributed by atoms with Crippen LogP contribution >= 0.6 is 0 Å². The molecule has 0 spiro atoms. The van der Waals surface area contributed by atoms with E-state index in [0.717, 1.165) is 17.8 Å². The van der Waals surface area contributed by atoms with E-state index in [4.69, 9.17) is 5.73 Å². The lowest BCUT2D eigenvalue weighted by atomic mass is 10.2. The first-order chi connectivity index (χ1) is 5.24. The fraction of sp³-hybridized carbons (Fsp3) is 0.625. The first kappa shape index (κ1) is 8.11. The van der Waals surface area contributed by atoms with Crippen LogP contribution in [-0.4, -0.2) is 9.97 Å². The Labute approximate surface area is 67.0 Å². The van der Waals surface area contributed by atoms with Crippen LogP contribution in [0.25, 0.3) is 0 Å². The minimum atomic E-state index is 0.536. The Balaban J connectivity index is 2.62. The maximum Gasteiger partial charge on any atom is 0.197 e. The zero-order chi connectivity index (χ0) is 8.27. The highest BCUT2D eigenvalue weighted by Crippen LogP contribution is 2.08. The van der Waals surface area contributed by atoms with Gasteiger partial charge in [0.05, 0.1) is 5.69 Å². The molecule has 62 valence electrons. The predicted molar refractivity (Wildman–Crippen MR) is 46.3 cm³/mol. The Bertz CT molecular complexity index is 227. The van der Waals surface area contributed by atoms with Crippen LogP contribution in [0.5, 0.6) is 0 Å². The van der Waals surface area contributed by atoms with E-state index in [9.17, 15) is 0 Å². The molecule has 0 saturated carbocycles. The van der Waals surface area contributed by atoms with Crippen LogP contribution < -0.4 is 5.73 Å². The molecule has 0 amide bonds. The summed E-state index contributed by atoms with van der Waals surface area (Å²) in [5.74, 6) is 0.536. The molecule has 1 rings (SSSR count). The molecule has 0 aromatic carbocycles. The number of unbranched alkanes of at least 4 members (excludes halogenated alkanes) is 1. The zero-order valence-electron chi connectivity index (χ0n) is 7.15. The van der Waals surface area contributed by atoms with E-state index < -0.39 is 0 Å². The number of aryl methyl sites for hydroxylation is 2. The second-order valence-corrected chi connectivity index (χ2v) is 2.80. The molecule has 3 N–H and O–H groups in total. The SMILES string of the molecule is CCCCc1nc(N)[nH]c1C. The number of hydrogen-bond acceptors (Lipinski definition) is 2. The summed E-state index contributed by atoms with van der Waals surface area (Å²) in [5.41, 5.74) is 7.71. The summed E-state index contributed by atoms with van der Waals surface area (Å²) in [6.07, 6.45) is 3.42. The molecule has 0 aliphatic rings. The second kappa shape index (κ2) is 3.42. The Morgan fingerprint density at radius 3 is 2.73 bits per heavy atom. The monoisotopic (exact) mass is 153 g/mol. The van der Waals surface area contributed by atoms with Gasteiger partial charge in [-0.05, 0) is 19.8 Å². The number of nitrogens with one attached hydrogen (secondary N) is 1. The third-order valence-electron chi connectivity index (χ3n) is 1.77. The molecule has 1 aromatic rings. The number of H-pyrrole nitrogens is 1. The quantitative estimate of drug-likeness (QED) is 0.693. The van der Waals surface area contributed by atoms with Gasteiger partial charge in [-0.1, -0.05) is 13.3 Å². The Morgan fingerprint density at radius 1 is 1.55 bits per heavy atom. The van der Waals surface area contributed by atoms with Crippen LogP contribution in [0, 0.1) is 6.92 Å². The number of imidazole rings is 1. The van der Waals surface area contributed by atoms with Crippen molar-refractivity contribution < 1.29 is 0 Å². The molecular formula is C8H15N3. The summed E-state index contributed by atoms with van der Waals surface area (Å²) in [6.45, 7) is 4.18. The molecule has 0 aliphatic carbocycles. The van der Waals surface area contributed by atoms with E-state index in [0.29, 0.717) is 5.95 Å². The van der Waals surface area contributed by atoms with Crippen molar-refractivity contribution in [3.05, 3.63) is 11.4 Å². The van der Waals surface area contributed by atoms with Gasteiger partial charge in [0.1, 0.15) is 0 Å². The second-order valence-electron chi connectivity index (χ2n) is 2.80. The van der Waals surface area contributed by atoms with E-state index in [-0.39, 0.29) is 0 Å². The van der Waals surface area contributed by atoms with Crippen molar-refractivity contribution in [3.63, 3.8) is 0 Å². The van der Waals surface area contributed by atoms with E-state index >= 15 is 0 Å². The summed E-state index contributed by atoms with van der Waals surface area (Å²) >= 11 is 0. The number of nitrogen functional groups attached to an aromatic ring is 1. The molecule has 1 heterocycles. The smallest absolute Gasteiger partial charge is 0.197 e. The van der Waals surface area contributed by atoms with Crippen LogP contribution in [0.3, 0.4) is 0 Å². The van der Waals surface area contributed by atoms with Gasteiger partial charge < -0.3 is 10.7 Å². The molecule has 11 heavy (non-hydrogen) atoms. The van der Waals surface area contributed by atoms with Gasteiger partial charge in [0, 0.05) is 5.69 Å². The predicted octanol–water partition coefficient (Wildman–Crippen LogP) is 1.64. The molecule has 0 fully saturated rings. The minimum absolute atomic E-state index is 0.536. The van der Waals surface area contributed by atoms with Gasteiger partial charge in [-0.25, -0.2) is 4.98 Å². The molecule has 0 radical (unpaired) electrons. The van der Waals surface area contributed by atoms with Gasteiger partial charge >= 0.3 is 0 Å². The van der Waals surface area contributed by atoms with Gasteiger partial charge in [0.15, 0.2) is 5.95 Å². The van der Waals surface area contributed by atoms with Crippen LogP contribution in [0.1, 0.15) is 31.2 Å². The van der Waals surface area contributed by atoms with Crippen LogP contribution in [0.4, 0.5) is 5.95 Å². The summed E-state index contributed by atoms with van der Waals surface area (Å²) in [6, 6.07) is 0. The van der Waals surface area contributed by atoms with Gasteiger partial charge in [-0.3, -0.25) is 0 Å². The normalized spacial score (nSPS) is 10.4. The maximum atomic E-state index is 5.48. The number of nitrogens with zero attached hydrogens (tertiary/aromatic N) is 1. The Hall–Kier alpha value is -0.990. The first-order valence-corrected chi connectivity index (χ1v) is 4.05. The average Bonchev–Trinajstić information content (AvgIpc) is 2.26. The number of hydrogen-bond donors (Lipinski definition) is 2. The number of aromatic amines is 1. The first-order valence-electron chi connectivity index (χ1n) is 4.05. The summed E-state index contributed by atoms with van der Waals surface area (Å²) < 4.78 is 0. The maximum absolute atomic E-state index is 5.48. The topological polar surface area (TPSA) is 54.7 Å². The van der Waals surface area contributed by atoms with Gasteiger partial charge in [-0.15, -0.1) is 0 Å². The fourth-order valence-corrected chi connectivity index (χ4v) is 1.11. The van der Waals surface area contributed by atoms with Crippen molar-refractivity contribution in [3.8, 4) is 0 Å². The zero-order valence-corrected chi connectivity index (χ0v) is 7.15. The Kier molecular flexibility index (Phi) is 2.52. The third-order valence-corrected chi connectivity index (χ3v) is 1.77. The molecule has 0 saturated heterocycles. The molecule has 1 aromatic heterocycles. The van der Waals surface area contributed by atoms with E-state index in [2.05, 4.69) is 16.9 Å². The van der Waals surface area contributed by atoms with Crippen LogP contribution in [-0.2, 0) is 6.42 Å². The summed E-state index contributed by atoms with van der Waals surface area (Å²) in [4.78, 5) is 7.15. The van der Waals surface area contributed by atoms with Gasteiger partial charge in [0.2, 0.25) is 0 Å². The van der Waals surface area contributed by atoms with Crippen molar-refractivity contribution in [2.75, 3.05) is 5.73 Å². The van der Waals surface area contributed by atoms with E-state index in [1.165, 1.54) is 12.8 Å². The van der Waals surface area contributed by atoms with Gasteiger partial charge in [-0.2, -0.15) is 0 Å². The largest absolute Gasteiger partial charge is 0.369 e. The summed E-state index contributed by atoms with van der Waals surface area (Å²) in [5, 5.41) is 0. The lowest BCUT2D eigenvalue weighted by molar-refractivity contribution is 0.776. The number of nitrogens with two attached hydrogens (primary N) is 1. The van der Waals surface area contributed by atoms with E-state index in [1.807, 2.05) is 6.92 Å². The van der Waals surface area contributed by atoms with Crippen molar-refractivity contribution in [2.45, 2.75) is 33.1 Å².